The summed E-state index contributed by atoms with van der Waals surface area (Å²) in [5, 5.41) is 42.6. The predicted molar refractivity (Wildman–Crippen MR) is 283 cm³/mol. The summed E-state index contributed by atoms with van der Waals surface area (Å²) in [7, 11) is -4.49. The standard InChI is InChI=1S/C60H64NO17P.2Ac/c1-37-44(77-56(67)50(76-38(2)62)48(41-25-15-8-16-26-41)61-54(65)42-27-17-9-18-28-42)32-60(69)53(78-55(66)43-29-19-10-20-30-43)51-58(5,52(64)49(63)47(37)57(60,3)4)45(31-46-59(51,68)35-71-46)72-36-75-79(70,73-33-39-21-11-6-12-22-39)74-34-40-23-13-7-14-24-40;;/h6-30,44-46,48-51,53,63,68-69H,31-36H2,1-5H3,(H,61,65);;/t44?,45?,46?,48?,49?,50?,51?,53?,58-,59?,60?;;/m1../s1. The van der Waals surface area contributed by atoms with Gasteiger partial charge < -0.3 is 44.3 Å². The Hall–Kier alpha value is -3.82. The number of fused-ring (bicyclic) bond motifs is 5. The number of phosphoric ester groups is 1. The number of ether oxygens (including phenoxy) is 5. The van der Waals surface area contributed by atoms with Crippen molar-refractivity contribution in [3.05, 3.63) is 191 Å². The van der Waals surface area contributed by atoms with Crippen LogP contribution in [0.25, 0.3) is 0 Å². The molecule has 21 heteroatoms. The maximum atomic E-state index is 15.8. The Morgan fingerprint density at radius 1 is 0.741 bits per heavy atom. The van der Waals surface area contributed by atoms with E-state index in [0.717, 1.165) is 6.92 Å². The van der Waals surface area contributed by atoms with Gasteiger partial charge >= 0.3 is 25.7 Å². The summed E-state index contributed by atoms with van der Waals surface area (Å²) >= 11 is 0. The molecule has 5 aromatic rings. The van der Waals surface area contributed by atoms with Crippen LogP contribution < -0.4 is 5.32 Å². The van der Waals surface area contributed by atoms with Crippen LogP contribution in [0.1, 0.15) is 90.9 Å². The van der Waals surface area contributed by atoms with Crippen LogP contribution >= 0.6 is 7.82 Å². The molecule has 2 saturated carbocycles. The topological polar surface area (TPSA) is 249 Å². The van der Waals surface area contributed by atoms with Crippen molar-refractivity contribution in [2.24, 2.45) is 16.7 Å². The van der Waals surface area contributed by atoms with E-state index < -0.39 is 128 Å². The van der Waals surface area contributed by atoms with Gasteiger partial charge in [-0.25, -0.2) is 14.2 Å². The molecule has 1 aliphatic heterocycles. The number of aliphatic hydroxyl groups excluding tert-OH is 1. The number of hydrogen-bond acceptors (Lipinski definition) is 17. The first-order valence-electron chi connectivity index (χ1n) is 26.0. The molecule has 4 N–H and O–H groups in total. The molecule has 2 bridgehead atoms. The third kappa shape index (κ3) is 13.4. The Balaban J connectivity index is 0.00000473. The second-order valence-corrected chi connectivity index (χ2v) is 22.8. The normalized spacial score (nSPS) is 27.1. The zero-order valence-corrected chi connectivity index (χ0v) is 55.8. The first-order valence-corrected chi connectivity index (χ1v) is 27.4. The van der Waals surface area contributed by atoms with Gasteiger partial charge in [-0.05, 0) is 65.9 Å². The summed E-state index contributed by atoms with van der Waals surface area (Å²) < 4.78 is 62.9. The van der Waals surface area contributed by atoms with E-state index in [1.807, 2.05) is 12.1 Å². The third-order valence-electron chi connectivity index (χ3n) is 16.1. The minimum atomic E-state index is -4.49. The van der Waals surface area contributed by atoms with Crippen molar-refractivity contribution < 1.29 is 169 Å². The summed E-state index contributed by atoms with van der Waals surface area (Å²) in [6.07, 6.45) is -10.7. The number of amides is 1. The molecule has 4 aliphatic rings. The Morgan fingerprint density at radius 3 is 1.78 bits per heavy atom. The molecule has 5 aromatic carbocycles. The summed E-state index contributed by atoms with van der Waals surface area (Å²) in [6, 6.07) is 40.7. The Bertz CT molecular complexity index is 3060. The fourth-order valence-electron chi connectivity index (χ4n) is 11.8. The van der Waals surface area contributed by atoms with Crippen LogP contribution in [0.3, 0.4) is 0 Å². The first kappa shape index (κ1) is 64.7. The quantitative estimate of drug-likeness (QED) is 0.0203. The van der Waals surface area contributed by atoms with Gasteiger partial charge in [0.25, 0.3) is 5.91 Å². The minimum absolute atomic E-state index is 0. The van der Waals surface area contributed by atoms with Crippen molar-refractivity contribution in [2.45, 2.75) is 115 Å². The Morgan fingerprint density at radius 2 is 1.26 bits per heavy atom. The molecule has 81 heavy (non-hydrogen) atoms. The molecule has 0 spiro atoms. The number of hydrogen-bond donors (Lipinski definition) is 4. The monoisotopic (exact) mass is 1560 g/mol. The molecule has 11 atom stereocenters. The Labute approximate surface area is 541 Å². The number of ketones is 1. The molecule has 0 aromatic heterocycles. The first-order chi connectivity index (χ1) is 37.7. The van der Waals surface area contributed by atoms with Crippen LogP contribution in [-0.2, 0) is 69.4 Å². The number of rotatable bonds is 19. The van der Waals surface area contributed by atoms with Crippen LogP contribution in [0.15, 0.2) is 163 Å². The fourth-order valence-corrected chi connectivity index (χ4v) is 12.8. The van der Waals surface area contributed by atoms with Crippen LogP contribution in [0.4, 0.5) is 0 Å². The molecular formula is C60H64Ac2NO17P. The number of benzene rings is 5. The van der Waals surface area contributed by atoms with E-state index in [1.165, 1.54) is 26.0 Å². The van der Waals surface area contributed by atoms with E-state index in [2.05, 4.69) is 5.32 Å². The molecule has 9 rings (SSSR count). The van der Waals surface area contributed by atoms with Crippen LogP contribution in [-0.4, -0.2) is 106 Å². The average molecular weight is 1560 g/mol. The molecule has 3 aliphatic carbocycles. The van der Waals surface area contributed by atoms with E-state index in [4.69, 9.17) is 37.3 Å². The molecule has 18 nitrogen and oxygen atoms in total. The molecule has 10 unspecified atom stereocenters. The second kappa shape index (κ2) is 27.0. The van der Waals surface area contributed by atoms with Gasteiger partial charge in [-0.2, -0.15) is 0 Å². The summed E-state index contributed by atoms with van der Waals surface area (Å²) in [5.74, 6) is -6.25. The van der Waals surface area contributed by atoms with Gasteiger partial charge in [-0.3, -0.25) is 28.0 Å². The largest absolute Gasteiger partial charge is 0.477 e. The van der Waals surface area contributed by atoms with Gasteiger partial charge in [0.05, 0.1) is 43.0 Å². The van der Waals surface area contributed by atoms with E-state index in [9.17, 15) is 39.1 Å². The van der Waals surface area contributed by atoms with Crippen molar-refractivity contribution in [1.82, 2.24) is 5.32 Å². The number of nitrogens with one attached hydrogen (secondary N) is 1. The third-order valence-corrected chi connectivity index (χ3v) is 17.4. The predicted octanol–water partition coefficient (Wildman–Crippen LogP) is 7.71. The van der Waals surface area contributed by atoms with Gasteiger partial charge in [-0.15, -0.1) is 0 Å². The molecule has 1 saturated heterocycles. The zero-order chi connectivity index (χ0) is 56.3. The van der Waals surface area contributed by atoms with Crippen LogP contribution in [0.2, 0.25) is 0 Å². The van der Waals surface area contributed by atoms with Crippen molar-refractivity contribution in [3.63, 3.8) is 0 Å². The van der Waals surface area contributed by atoms with Gasteiger partial charge in [0, 0.05) is 125 Å². The van der Waals surface area contributed by atoms with Crippen LogP contribution in [0.5, 0.6) is 0 Å². The summed E-state index contributed by atoms with van der Waals surface area (Å²) in [4.78, 5) is 72.1. The number of phosphoric acid groups is 1. The van der Waals surface area contributed by atoms with Crippen molar-refractivity contribution >= 4 is 37.4 Å². The molecular weight excluding hydrogens is 1490 g/mol. The number of Topliss-reactive ketones (excluding diaryl/α,β-unsaturated/α-hetero) is 1. The SMILES string of the molecule is CC(=O)OC(C(=O)OC1CC2(O)C(OC(=O)c3ccccc3)C3C4(O)COC4CC(OCOP(=O)(OCc4ccccc4)OCc4ccccc4)[C@@]3(C)C(=O)C(O)C(=C1C)C2(C)C)C(NC(=O)c1ccccc1)c1ccccc1.[Ac].[Ac]. The van der Waals surface area contributed by atoms with E-state index >= 15 is 4.79 Å². The van der Waals surface area contributed by atoms with Gasteiger partial charge in [0.2, 0.25) is 6.10 Å². The van der Waals surface area contributed by atoms with Crippen molar-refractivity contribution in [1.29, 1.82) is 0 Å². The van der Waals surface area contributed by atoms with E-state index in [0.29, 0.717) is 16.7 Å². The number of esters is 3. The molecule has 2 radical (unpaired) electrons. The van der Waals surface area contributed by atoms with Gasteiger partial charge in [-0.1, -0.05) is 141 Å². The van der Waals surface area contributed by atoms with Crippen molar-refractivity contribution in [3.8, 4) is 0 Å². The maximum Gasteiger partial charge on any atom is 0.477 e. The summed E-state index contributed by atoms with van der Waals surface area (Å²) in [5.41, 5.74) is -6.35. The smallest absolute Gasteiger partial charge is 0.455 e. The molecule has 1 amide bonds. The van der Waals surface area contributed by atoms with Gasteiger partial charge in [0.1, 0.15) is 35.6 Å². The Kier molecular flexibility index (Phi) is 21.6. The second-order valence-electron chi connectivity index (χ2n) is 21.1. The number of carbonyl (C=O) groups excluding carboxylic acids is 5. The minimum Gasteiger partial charge on any atom is -0.455 e. The number of carbonyl (C=O) groups is 5. The van der Waals surface area contributed by atoms with Gasteiger partial charge in [0.15, 0.2) is 12.6 Å². The maximum absolute atomic E-state index is 15.8. The van der Waals surface area contributed by atoms with Crippen molar-refractivity contribution in [2.75, 3.05) is 13.4 Å². The fraction of sp³-hybridized carbons (Fsp3) is 0.383. The van der Waals surface area contributed by atoms with E-state index in [1.54, 1.807) is 141 Å². The van der Waals surface area contributed by atoms with E-state index in [-0.39, 0.29) is 130 Å². The molecule has 422 valence electrons. The molecule has 1 heterocycles. The average Bonchev–Trinajstić information content (AvgIpc) is 3.64. The number of aliphatic hydroxyl groups is 3. The zero-order valence-electron chi connectivity index (χ0n) is 45.5. The van der Waals surface area contributed by atoms with Crippen LogP contribution in [0, 0.1) is 105 Å². The summed E-state index contributed by atoms with van der Waals surface area (Å²) in [6.45, 7) is 5.52. The molecule has 3 fully saturated rings.